The lowest BCUT2D eigenvalue weighted by atomic mass is 10.2. The molecule has 0 aromatic carbocycles. The van der Waals surface area contributed by atoms with Gasteiger partial charge in [-0.05, 0) is 13.3 Å². The van der Waals surface area contributed by atoms with E-state index in [9.17, 15) is 4.79 Å². The minimum Gasteiger partial charge on any atom is -0.338 e. The number of aromatic nitrogens is 1. The van der Waals surface area contributed by atoms with Crippen molar-refractivity contribution < 1.29 is 9.32 Å². The number of nitrogens with one attached hydrogen (secondary N) is 2. The van der Waals surface area contributed by atoms with Crippen LogP contribution in [0.1, 0.15) is 25.1 Å². The highest BCUT2D eigenvalue weighted by molar-refractivity contribution is 5.89. The number of nitrogens with zero attached hydrogens (tertiary/aromatic N) is 2. The number of carbonyl (C=O) groups excluding carboxylic acids is 1. The van der Waals surface area contributed by atoms with Crippen LogP contribution in [0.4, 0.5) is 10.7 Å². The third kappa shape index (κ3) is 2.47. The van der Waals surface area contributed by atoms with Gasteiger partial charge in [-0.3, -0.25) is 5.32 Å². The first-order chi connectivity index (χ1) is 7.22. The Hall–Kier alpha value is -2.03. The highest BCUT2D eigenvalue weighted by Gasteiger charge is 2.15. The number of anilines is 1. The van der Waals surface area contributed by atoms with Crippen molar-refractivity contribution in [3.8, 4) is 6.07 Å². The molecule has 0 spiro atoms. The second-order valence-corrected chi connectivity index (χ2v) is 2.78. The van der Waals surface area contributed by atoms with Crippen molar-refractivity contribution in [1.82, 2.24) is 10.5 Å². The van der Waals surface area contributed by atoms with Gasteiger partial charge in [-0.2, -0.15) is 5.26 Å². The Kier molecular flexibility index (Phi) is 3.68. The van der Waals surface area contributed by atoms with E-state index in [1.54, 1.807) is 6.92 Å². The summed E-state index contributed by atoms with van der Waals surface area (Å²) in [5.74, 6) is 0.0975. The number of hydrogen-bond acceptors (Lipinski definition) is 4. The fourth-order valence-electron chi connectivity index (χ4n) is 1.07. The Morgan fingerprint density at radius 2 is 2.33 bits per heavy atom. The van der Waals surface area contributed by atoms with Gasteiger partial charge in [0.15, 0.2) is 0 Å². The average molecular weight is 208 g/mol. The fourth-order valence-corrected chi connectivity index (χ4v) is 1.07. The molecular formula is C9H12N4O2. The third-order valence-electron chi connectivity index (χ3n) is 1.77. The van der Waals surface area contributed by atoms with E-state index < -0.39 is 6.03 Å². The summed E-state index contributed by atoms with van der Waals surface area (Å²) < 4.78 is 4.85. The second-order valence-electron chi connectivity index (χ2n) is 2.78. The molecule has 0 aliphatic heterocycles. The summed E-state index contributed by atoms with van der Waals surface area (Å²) in [6, 6.07) is 1.53. The topological polar surface area (TPSA) is 90.9 Å². The van der Waals surface area contributed by atoms with Gasteiger partial charge in [0.1, 0.15) is 17.3 Å². The Balaban J connectivity index is 2.82. The predicted octanol–water partition coefficient (Wildman–Crippen LogP) is 1.25. The second kappa shape index (κ2) is 5.00. The summed E-state index contributed by atoms with van der Waals surface area (Å²) in [5.41, 5.74) is 0.827. The molecule has 2 N–H and O–H groups in total. The Morgan fingerprint density at radius 1 is 1.60 bits per heavy atom. The van der Waals surface area contributed by atoms with Crippen molar-refractivity contribution in [2.75, 3.05) is 11.9 Å². The van der Waals surface area contributed by atoms with Crippen LogP contribution < -0.4 is 10.6 Å². The minimum absolute atomic E-state index is 0.0975. The molecule has 0 unspecified atom stereocenters. The fraction of sp³-hybridized carbons (Fsp3) is 0.444. The van der Waals surface area contributed by atoms with E-state index in [-0.39, 0.29) is 11.4 Å². The lowest BCUT2D eigenvalue weighted by molar-refractivity contribution is 0.251. The average Bonchev–Trinajstić information content (AvgIpc) is 2.60. The molecule has 1 heterocycles. The van der Waals surface area contributed by atoms with Crippen molar-refractivity contribution in [3.05, 3.63) is 11.3 Å². The lowest BCUT2D eigenvalue weighted by Gasteiger charge is -2.01. The molecule has 0 atom stereocenters. The van der Waals surface area contributed by atoms with Gasteiger partial charge >= 0.3 is 6.03 Å². The summed E-state index contributed by atoms with van der Waals surface area (Å²) in [4.78, 5) is 11.2. The zero-order chi connectivity index (χ0) is 11.3. The van der Waals surface area contributed by atoms with Crippen LogP contribution in [0.15, 0.2) is 4.52 Å². The Labute approximate surface area is 87.2 Å². The number of nitriles is 1. The monoisotopic (exact) mass is 208 g/mol. The lowest BCUT2D eigenvalue weighted by Crippen LogP contribution is -2.28. The van der Waals surface area contributed by atoms with Crippen molar-refractivity contribution >= 4 is 11.9 Å². The minimum atomic E-state index is -0.409. The van der Waals surface area contributed by atoms with Gasteiger partial charge in [-0.25, -0.2) is 4.79 Å². The summed E-state index contributed by atoms with van der Waals surface area (Å²) in [6.45, 7) is 4.15. The van der Waals surface area contributed by atoms with Gasteiger partial charge in [0.2, 0.25) is 0 Å². The number of rotatable bonds is 3. The molecule has 6 nitrogen and oxygen atoms in total. The van der Waals surface area contributed by atoms with Gasteiger partial charge in [-0.15, -0.1) is 0 Å². The number of hydrogen-bond donors (Lipinski definition) is 2. The summed E-state index contributed by atoms with van der Waals surface area (Å²) in [5, 5.41) is 17.5. The maximum Gasteiger partial charge on any atom is 0.321 e. The van der Waals surface area contributed by atoms with Crippen LogP contribution in [0.3, 0.4) is 0 Å². The van der Waals surface area contributed by atoms with Gasteiger partial charge < -0.3 is 9.84 Å². The van der Waals surface area contributed by atoms with Crippen LogP contribution in [-0.2, 0) is 6.42 Å². The summed E-state index contributed by atoms with van der Waals surface area (Å²) >= 11 is 0. The van der Waals surface area contributed by atoms with Crippen molar-refractivity contribution in [3.63, 3.8) is 0 Å². The first kappa shape index (κ1) is 11.0. The molecule has 0 fully saturated rings. The molecule has 2 amide bonds. The number of amides is 2. The molecule has 15 heavy (non-hydrogen) atoms. The van der Waals surface area contributed by atoms with Gasteiger partial charge in [0, 0.05) is 6.54 Å². The van der Waals surface area contributed by atoms with Crippen LogP contribution >= 0.6 is 0 Å². The predicted molar refractivity (Wildman–Crippen MR) is 53.3 cm³/mol. The molecule has 0 aliphatic carbocycles. The zero-order valence-corrected chi connectivity index (χ0v) is 8.63. The van der Waals surface area contributed by atoms with Gasteiger partial charge in [0.05, 0.1) is 0 Å². The normalized spacial score (nSPS) is 9.40. The molecule has 80 valence electrons. The molecule has 0 saturated carbocycles. The van der Waals surface area contributed by atoms with Crippen LogP contribution in [-0.4, -0.2) is 17.7 Å². The Morgan fingerprint density at radius 3 is 2.87 bits per heavy atom. The molecule has 0 radical (unpaired) electrons. The third-order valence-corrected chi connectivity index (χ3v) is 1.77. The smallest absolute Gasteiger partial charge is 0.321 e. The molecule has 0 saturated heterocycles. The molecule has 6 heteroatoms. The van der Waals surface area contributed by atoms with E-state index in [0.29, 0.717) is 18.7 Å². The van der Waals surface area contributed by atoms with E-state index in [2.05, 4.69) is 15.8 Å². The maximum atomic E-state index is 11.2. The number of urea groups is 1. The molecule has 0 aliphatic rings. The quantitative estimate of drug-likeness (QED) is 0.782. The Bertz CT molecular complexity index is 391. The van der Waals surface area contributed by atoms with Crippen molar-refractivity contribution in [2.24, 2.45) is 0 Å². The van der Waals surface area contributed by atoms with Crippen LogP contribution in [0.2, 0.25) is 0 Å². The van der Waals surface area contributed by atoms with Crippen molar-refractivity contribution in [1.29, 1.82) is 5.26 Å². The van der Waals surface area contributed by atoms with Gasteiger partial charge in [-0.1, -0.05) is 12.1 Å². The first-order valence-electron chi connectivity index (χ1n) is 4.66. The molecule has 0 bridgehead atoms. The SMILES string of the molecule is CCNC(=O)Nc1onc(CC)c1C#N. The summed E-state index contributed by atoms with van der Waals surface area (Å²) in [7, 11) is 0. The van der Waals surface area contributed by atoms with Crippen molar-refractivity contribution in [2.45, 2.75) is 20.3 Å². The maximum absolute atomic E-state index is 11.2. The number of aryl methyl sites for hydroxylation is 1. The standard InChI is InChI=1S/C9H12N4O2/c1-3-7-6(5-10)8(15-13-7)12-9(14)11-4-2/h3-4H2,1-2H3,(H2,11,12,14). The van der Waals surface area contributed by atoms with Crippen LogP contribution in [0.5, 0.6) is 0 Å². The molecule has 1 rings (SSSR count). The van der Waals surface area contributed by atoms with E-state index in [1.165, 1.54) is 0 Å². The van der Waals surface area contributed by atoms with E-state index in [0.717, 1.165) is 0 Å². The first-order valence-corrected chi connectivity index (χ1v) is 4.66. The molecule has 1 aromatic rings. The van der Waals surface area contributed by atoms with Crippen LogP contribution in [0, 0.1) is 11.3 Å². The summed E-state index contributed by atoms with van der Waals surface area (Å²) in [6.07, 6.45) is 0.587. The largest absolute Gasteiger partial charge is 0.338 e. The molecular weight excluding hydrogens is 196 g/mol. The highest BCUT2D eigenvalue weighted by Crippen LogP contribution is 2.18. The van der Waals surface area contributed by atoms with E-state index in [4.69, 9.17) is 9.78 Å². The van der Waals surface area contributed by atoms with E-state index in [1.807, 2.05) is 13.0 Å². The van der Waals surface area contributed by atoms with E-state index >= 15 is 0 Å². The van der Waals surface area contributed by atoms with Crippen LogP contribution in [0.25, 0.3) is 0 Å². The molecule has 1 aromatic heterocycles. The number of carbonyl (C=O) groups is 1. The zero-order valence-electron chi connectivity index (χ0n) is 8.63. The highest BCUT2D eigenvalue weighted by atomic mass is 16.5. The van der Waals surface area contributed by atoms with Gasteiger partial charge in [0.25, 0.3) is 5.88 Å².